The summed E-state index contributed by atoms with van der Waals surface area (Å²) in [5.74, 6) is -2.59. The first kappa shape index (κ1) is 20.5. The van der Waals surface area contributed by atoms with E-state index in [1.165, 1.54) is 4.90 Å². The minimum atomic E-state index is -1.07. The van der Waals surface area contributed by atoms with Crippen molar-refractivity contribution in [1.82, 2.24) is 10.2 Å². The number of carbonyl (C=O) groups excluding carboxylic acids is 3. The Morgan fingerprint density at radius 1 is 1.44 bits per heavy atom. The van der Waals surface area contributed by atoms with Gasteiger partial charge >= 0.3 is 5.97 Å². The molecule has 0 aliphatic carbocycles. The summed E-state index contributed by atoms with van der Waals surface area (Å²) in [5, 5.41) is 12.3. The van der Waals surface area contributed by atoms with E-state index in [2.05, 4.69) is 21.2 Å². The fourth-order valence-corrected chi connectivity index (χ4v) is 5.71. The van der Waals surface area contributed by atoms with Gasteiger partial charge < -0.3 is 24.8 Å². The second kappa shape index (κ2) is 8.05. The first-order valence-electron chi connectivity index (χ1n) is 9.60. The smallest absolute Gasteiger partial charge is 0.312 e. The van der Waals surface area contributed by atoms with Crippen molar-refractivity contribution in [2.24, 2.45) is 11.8 Å². The molecule has 0 aromatic carbocycles. The van der Waals surface area contributed by atoms with Gasteiger partial charge in [0.15, 0.2) is 0 Å². The van der Waals surface area contributed by atoms with Gasteiger partial charge in [0.05, 0.1) is 31.2 Å². The Bertz CT molecular complexity index is 617. The van der Waals surface area contributed by atoms with Crippen LogP contribution in [0.2, 0.25) is 0 Å². The largest absolute Gasteiger partial charge is 0.466 e. The average molecular weight is 447 g/mol. The van der Waals surface area contributed by atoms with E-state index in [1.54, 1.807) is 6.92 Å². The fourth-order valence-electron chi connectivity index (χ4n) is 4.77. The molecule has 3 heterocycles. The van der Waals surface area contributed by atoms with Gasteiger partial charge in [-0.25, -0.2) is 0 Å². The van der Waals surface area contributed by atoms with Crippen molar-refractivity contribution in [3.63, 3.8) is 0 Å². The molecule has 27 heavy (non-hydrogen) atoms. The van der Waals surface area contributed by atoms with Crippen LogP contribution in [0.4, 0.5) is 0 Å². The van der Waals surface area contributed by atoms with Crippen LogP contribution in [0, 0.1) is 11.8 Å². The van der Waals surface area contributed by atoms with Crippen LogP contribution in [0.3, 0.4) is 0 Å². The number of nitrogens with zero attached hydrogens (tertiary/aromatic N) is 1. The van der Waals surface area contributed by atoms with Crippen molar-refractivity contribution < 1.29 is 29.0 Å². The van der Waals surface area contributed by atoms with Crippen LogP contribution in [-0.4, -0.2) is 76.7 Å². The van der Waals surface area contributed by atoms with Gasteiger partial charge in [-0.15, -0.1) is 0 Å². The number of ether oxygens (including phenoxy) is 2. The minimum Gasteiger partial charge on any atom is -0.466 e. The average Bonchev–Trinajstić information content (AvgIpc) is 3.20. The molecule has 3 rings (SSSR count). The molecule has 3 aliphatic heterocycles. The summed E-state index contributed by atoms with van der Waals surface area (Å²) in [5.41, 5.74) is -1.07. The number of β-amino-alcohol motifs (C(OH)–C–C–N with tert-alkyl or cyclic N) is 1. The van der Waals surface area contributed by atoms with Gasteiger partial charge in [0.2, 0.25) is 11.8 Å². The molecule has 9 heteroatoms. The number of alkyl halides is 1. The molecular formula is C18H27BrN2O6. The minimum absolute atomic E-state index is 0.0273. The number of hydrogen-bond donors (Lipinski definition) is 2. The number of rotatable bonds is 8. The third kappa shape index (κ3) is 3.17. The van der Waals surface area contributed by atoms with Gasteiger partial charge in [0.25, 0.3) is 0 Å². The lowest BCUT2D eigenvalue weighted by atomic mass is 9.70. The zero-order chi connectivity index (χ0) is 19.8. The molecule has 2 bridgehead atoms. The molecular weight excluding hydrogens is 420 g/mol. The molecule has 0 aromatic heterocycles. The molecule has 2 N–H and O–H groups in total. The first-order valence-corrected chi connectivity index (χ1v) is 10.5. The lowest BCUT2D eigenvalue weighted by Crippen LogP contribution is -2.56. The third-order valence-corrected chi connectivity index (χ3v) is 6.61. The lowest BCUT2D eigenvalue weighted by molar-refractivity contribution is -0.154. The lowest BCUT2D eigenvalue weighted by Gasteiger charge is -2.33. The molecule has 2 amide bonds. The number of unbranched alkanes of at least 4 members (excludes halogenated alkanes) is 1. The number of likely N-dealkylation sites (tertiary alicyclic amines) is 1. The standard InChI is InChI=1S/C18H27BrN2O6/c1-3-5-6-20-15(23)14-18-9-10(19)13(27-18)11(17(25)26-4-2)12(18)16(24)21(14)7-8-22/h10-14,22H,3-9H2,1-2H3,(H,20,23)/t10?,11-,12-,13-,14?,18?/m0/s1. The number of fused-ring (bicyclic) bond motifs is 1. The van der Waals surface area contributed by atoms with E-state index in [0.29, 0.717) is 13.0 Å². The Morgan fingerprint density at radius 2 is 2.19 bits per heavy atom. The number of nitrogens with one attached hydrogen (secondary N) is 1. The van der Waals surface area contributed by atoms with Gasteiger partial charge in [0.1, 0.15) is 11.6 Å². The number of esters is 1. The van der Waals surface area contributed by atoms with Gasteiger partial charge in [-0.2, -0.15) is 0 Å². The summed E-state index contributed by atoms with van der Waals surface area (Å²) in [6.45, 7) is 4.23. The van der Waals surface area contributed by atoms with Crippen LogP contribution >= 0.6 is 15.9 Å². The molecule has 3 saturated heterocycles. The highest BCUT2D eigenvalue weighted by Gasteiger charge is 2.76. The normalized spacial score (nSPS) is 36.8. The second-order valence-corrected chi connectivity index (χ2v) is 8.49. The van der Waals surface area contributed by atoms with Crippen LogP contribution in [0.5, 0.6) is 0 Å². The third-order valence-electron chi connectivity index (χ3n) is 5.77. The summed E-state index contributed by atoms with van der Waals surface area (Å²) in [6.07, 6.45) is 1.72. The zero-order valence-electron chi connectivity index (χ0n) is 15.7. The number of halogens is 1. The Morgan fingerprint density at radius 3 is 2.81 bits per heavy atom. The van der Waals surface area contributed by atoms with Crippen LogP contribution in [0.15, 0.2) is 0 Å². The fraction of sp³-hybridized carbons (Fsp3) is 0.833. The maximum Gasteiger partial charge on any atom is 0.312 e. The number of amides is 2. The highest BCUT2D eigenvalue weighted by Crippen LogP contribution is 2.60. The summed E-state index contributed by atoms with van der Waals surface area (Å²) >= 11 is 3.56. The van der Waals surface area contributed by atoms with Crippen LogP contribution in [0.1, 0.15) is 33.1 Å². The second-order valence-electron chi connectivity index (χ2n) is 7.32. The molecule has 1 spiro atoms. The number of aliphatic hydroxyl groups is 1. The number of aliphatic hydroxyl groups excluding tert-OH is 1. The molecule has 0 radical (unpaired) electrons. The number of hydrogen-bond acceptors (Lipinski definition) is 6. The van der Waals surface area contributed by atoms with Gasteiger partial charge in [-0.05, 0) is 19.8 Å². The van der Waals surface area contributed by atoms with Crippen LogP contribution in [-0.2, 0) is 23.9 Å². The van der Waals surface area contributed by atoms with Crippen molar-refractivity contribution in [3.05, 3.63) is 0 Å². The van der Waals surface area contributed by atoms with E-state index in [0.717, 1.165) is 12.8 Å². The number of carbonyl (C=O) groups is 3. The molecule has 3 fully saturated rings. The van der Waals surface area contributed by atoms with Crippen LogP contribution in [0.25, 0.3) is 0 Å². The quantitative estimate of drug-likeness (QED) is 0.313. The summed E-state index contributed by atoms with van der Waals surface area (Å²) < 4.78 is 11.4. The maximum absolute atomic E-state index is 13.2. The Labute approximate surface area is 167 Å². The topological polar surface area (TPSA) is 105 Å². The first-order chi connectivity index (χ1) is 12.9. The van der Waals surface area contributed by atoms with Crippen molar-refractivity contribution >= 4 is 33.7 Å². The highest BCUT2D eigenvalue weighted by molar-refractivity contribution is 9.09. The Balaban J connectivity index is 1.95. The van der Waals surface area contributed by atoms with Crippen molar-refractivity contribution in [3.8, 4) is 0 Å². The van der Waals surface area contributed by atoms with E-state index in [-0.39, 0.29) is 36.4 Å². The summed E-state index contributed by atoms with van der Waals surface area (Å²) in [7, 11) is 0. The molecule has 0 saturated carbocycles. The molecule has 3 aliphatic rings. The Hall–Kier alpha value is -1.19. The summed E-state index contributed by atoms with van der Waals surface area (Å²) in [6, 6.07) is -0.858. The maximum atomic E-state index is 13.2. The highest BCUT2D eigenvalue weighted by atomic mass is 79.9. The van der Waals surface area contributed by atoms with Gasteiger partial charge in [-0.3, -0.25) is 14.4 Å². The van der Waals surface area contributed by atoms with E-state index in [9.17, 15) is 19.5 Å². The SMILES string of the molecule is CCCCNC(=O)C1N(CCO)C(=O)[C@@H]2[C@H](C(=O)OCC)[C@H]3OC12CC3Br. The van der Waals surface area contributed by atoms with Gasteiger partial charge in [-0.1, -0.05) is 29.3 Å². The van der Waals surface area contributed by atoms with E-state index in [4.69, 9.17) is 9.47 Å². The summed E-state index contributed by atoms with van der Waals surface area (Å²) in [4.78, 5) is 40.0. The van der Waals surface area contributed by atoms with E-state index >= 15 is 0 Å². The molecule has 3 unspecified atom stereocenters. The predicted octanol–water partition coefficient (Wildman–Crippen LogP) is 0.206. The monoisotopic (exact) mass is 446 g/mol. The van der Waals surface area contributed by atoms with Crippen molar-refractivity contribution in [2.75, 3.05) is 26.3 Å². The van der Waals surface area contributed by atoms with Crippen molar-refractivity contribution in [1.29, 1.82) is 0 Å². The van der Waals surface area contributed by atoms with Crippen molar-refractivity contribution in [2.45, 2.75) is 55.7 Å². The predicted molar refractivity (Wildman–Crippen MR) is 99.1 cm³/mol. The molecule has 8 nitrogen and oxygen atoms in total. The van der Waals surface area contributed by atoms with E-state index in [1.807, 2.05) is 6.92 Å². The van der Waals surface area contributed by atoms with Crippen LogP contribution < -0.4 is 5.32 Å². The van der Waals surface area contributed by atoms with E-state index < -0.39 is 35.6 Å². The molecule has 152 valence electrons. The van der Waals surface area contributed by atoms with Gasteiger partial charge in [0, 0.05) is 17.9 Å². The molecule has 0 aromatic rings. The molecule has 6 atom stereocenters. The Kier molecular flexibility index (Phi) is 6.12. The zero-order valence-corrected chi connectivity index (χ0v) is 17.2.